The lowest BCUT2D eigenvalue weighted by atomic mass is 10.4. The number of hydrogen-bond donors (Lipinski definition) is 3. The average molecular weight is 316 g/mol. The quantitative estimate of drug-likeness (QED) is 0.535. The Morgan fingerprint density at radius 1 is 1.35 bits per heavy atom. The van der Waals surface area contributed by atoms with Gasteiger partial charge >= 0.3 is 0 Å². The van der Waals surface area contributed by atoms with Crippen molar-refractivity contribution in [2.45, 2.75) is 6.54 Å². The van der Waals surface area contributed by atoms with Crippen molar-refractivity contribution in [3.05, 3.63) is 36.7 Å². The summed E-state index contributed by atoms with van der Waals surface area (Å²) >= 11 is 0. The summed E-state index contributed by atoms with van der Waals surface area (Å²) < 4.78 is 6.62. The number of carbonyl (C=O) groups is 1. The number of nitrogens with one attached hydrogen (secondary N) is 2. The summed E-state index contributed by atoms with van der Waals surface area (Å²) in [5.41, 5.74) is 0.649. The molecule has 9 heteroatoms. The summed E-state index contributed by atoms with van der Waals surface area (Å²) in [6.07, 6.45) is 4.53. The van der Waals surface area contributed by atoms with Crippen LogP contribution in [0.3, 0.4) is 0 Å². The molecule has 120 valence electrons. The molecule has 0 radical (unpaired) electrons. The van der Waals surface area contributed by atoms with E-state index in [1.807, 2.05) is 0 Å². The summed E-state index contributed by atoms with van der Waals surface area (Å²) in [4.78, 5) is 20.1. The van der Waals surface area contributed by atoms with Gasteiger partial charge in [-0.3, -0.25) is 4.79 Å². The third-order valence-electron chi connectivity index (χ3n) is 3.19. The second kappa shape index (κ2) is 6.88. The van der Waals surface area contributed by atoms with Gasteiger partial charge in [0.05, 0.1) is 31.0 Å². The molecule has 3 rings (SSSR count). The first-order chi connectivity index (χ1) is 11.3. The van der Waals surface area contributed by atoms with Crippen LogP contribution in [-0.4, -0.2) is 50.5 Å². The molecule has 0 fully saturated rings. The Hall–Kier alpha value is -2.94. The van der Waals surface area contributed by atoms with Crippen LogP contribution in [0.1, 0.15) is 10.6 Å². The van der Waals surface area contributed by atoms with Gasteiger partial charge in [0.15, 0.2) is 11.4 Å². The van der Waals surface area contributed by atoms with Gasteiger partial charge in [0.1, 0.15) is 12.1 Å². The van der Waals surface area contributed by atoms with Crippen molar-refractivity contribution >= 4 is 22.8 Å². The first-order valence-corrected chi connectivity index (χ1v) is 7.12. The molecule has 1 amide bonds. The molecule has 3 N–H and O–H groups in total. The van der Waals surface area contributed by atoms with Gasteiger partial charge in [0.2, 0.25) is 0 Å². The molecule has 0 aliphatic carbocycles. The zero-order chi connectivity index (χ0) is 16.1. The summed E-state index contributed by atoms with van der Waals surface area (Å²) in [7, 11) is 0. The second-order valence-corrected chi connectivity index (χ2v) is 4.71. The van der Waals surface area contributed by atoms with Crippen LogP contribution in [0.15, 0.2) is 35.3 Å². The summed E-state index contributed by atoms with van der Waals surface area (Å²) in [5.74, 6) is 0.645. The van der Waals surface area contributed by atoms with Gasteiger partial charge in [0.25, 0.3) is 5.91 Å². The first kappa shape index (κ1) is 15.0. The SMILES string of the molecule is O=C(NCCNc1ncnc2c1cnn2CCO)c1ccco1. The summed E-state index contributed by atoms with van der Waals surface area (Å²) in [6.45, 7) is 1.26. The number of furan rings is 1. The zero-order valence-electron chi connectivity index (χ0n) is 12.3. The van der Waals surface area contributed by atoms with Gasteiger partial charge in [-0.15, -0.1) is 0 Å². The van der Waals surface area contributed by atoms with E-state index < -0.39 is 0 Å². The van der Waals surface area contributed by atoms with Gasteiger partial charge in [0, 0.05) is 13.1 Å². The Morgan fingerprint density at radius 3 is 3.04 bits per heavy atom. The van der Waals surface area contributed by atoms with Gasteiger partial charge in [-0.25, -0.2) is 14.6 Å². The molecule has 3 heterocycles. The van der Waals surface area contributed by atoms with Gasteiger partial charge in [-0.2, -0.15) is 5.10 Å². The second-order valence-electron chi connectivity index (χ2n) is 4.71. The maximum Gasteiger partial charge on any atom is 0.287 e. The number of carbonyl (C=O) groups excluding carboxylic acids is 1. The molecule has 3 aromatic heterocycles. The number of nitrogens with zero attached hydrogens (tertiary/aromatic N) is 4. The van der Waals surface area contributed by atoms with Crippen LogP contribution in [0.25, 0.3) is 11.0 Å². The highest BCUT2D eigenvalue weighted by atomic mass is 16.3. The lowest BCUT2D eigenvalue weighted by Gasteiger charge is -2.07. The minimum absolute atomic E-state index is 0.0116. The Balaban J connectivity index is 1.58. The van der Waals surface area contributed by atoms with Gasteiger partial charge in [-0.1, -0.05) is 0 Å². The number of aromatic nitrogens is 4. The third kappa shape index (κ3) is 3.29. The van der Waals surface area contributed by atoms with Crippen LogP contribution in [0.2, 0.25) is 0 Å². The van der Waals surface area contributed by atoms with Crippen molar-refractivity contribution in [3.63, 3.8) is 0 Å². The highest BCUT2D eigenvalue weighted by Crippen LogP contribution is 2.17. The Kier molecular flexibility index (Phi) is 4.48. The van der Waals surface area contributed by atoms with E-state index in [-0.39, 0.29) is 18.3 Å². The molecular formula is C14H16N6O3. The van der Waals surface area contributed by atoms with E-state index in [0.29, 0.717) is 31.1 Å². The van der Waals surface area contributed by atoms with E-state index in [2.05, 4.69) is 25.7 Å². The number of fused-ring (bicyclic) bond motifs is 1. The number of aliphatic hydroxyl groups is 1. The minimum Gasteiger partial charge on any atom is -0.459 e. The number of amides is 1. The molecule has 0 saturated heterocycles. The molecule has 0 bridgehead atoms. The molecule has 0 aliphatic heterocycles. The predicted molar refractivity (Wildman–Crippen MR) is 81.9 cm³/mol. The van der Waals surface area contributed by atoms with Crippen molar-refractivity contribution in [2.24, 2.45) is 0 Å². The molecule has 0 aromatic carbocycles. The minimum atomic E-state index is -0.264. The van der Waals surface area contributed by atoms with Crippen LogP contribution >= 0.6 is 0 Å². The topological polar surface area (TPSA) is 118 Å². The molecule has 0 unspecified atom stereocenters. The fraction of sp³-hybridized carbons (Fsp3) is 0.286. The van der Waals surface area contributed by atoms with Crippen LogP contribution in [0.5, 0.6) is 0 Å². The normalized spacial score (nSPS) is 10.8. The van der Waals surface area contributed by atoms with Crippen LogP contribution in [0, 0.1) is 0 Å². The monoisotopic (exact) mass is 316 g/mol. The van der Waals surface area contributed by atoms with E-state index in [9.17, 15) is 4.79 Å². The molecule has 23 heavy (non-hydrogen) atoms. The molecule has 3 aromatic rings. The van der Waals surface area contributed by atoms with E-state index in [4.69, 9.17) is 9.52 Å². The molecular weight excluding hydrogens is 300 g/mol. The largest absolute Gasteiger partial charge is 0.459 e. The van der Waals surface area contributed by atoms with E-state index in [0.717, 1.165) is 5.39 Å². The van der Waals surface area contributed by atoms with Crippen LogP contribution in [-0.2, 0) is 6.54 Å². The third-order valence-corrected chi connectivity index (χ3v) is 3.19. The number of aliphatic hydroxyl groups excluding tert-OH is 1. The maximum absolute atomic E-state index is 11.7. The summed E-state index contributed by atoms with van der Waals surface area (Å²) in [6, 6.07) is 3.26. The standard InChI is InChI=1S/C14H16N6O3/c21-6-5-20-13-10(8-19-20)12(17-9-18-13)15-3-4-16-14(22)11-2-1-7-23-11/h1-2,7-9,21H,3-6H2,(H,16,22)(H,15,17,18). The maximum atomic E-state index is 11.7. The van der Waals surface area contributed by atoms with Gasteiger partial charge in [-0.05, 0) is 12.1 Å². The number of anilines is 1. The van der Waals surface area contributed by atoms with E-state index in [1.165, 1.54) is 12.6 Å². The lowest BCUT2D eigenvalue weighted by Crippen LogP contribution is -2.28. The zero-order valence-corrected chi connectivity index (χ0v) is 12.3. The van der Waals surface area contributed by atoms with Crippen LogP contribution < -0.4 is 10.6 Å². The molecule has 9 nitrogen and oxygen atoms in total. The van der Waals surface area contributed by atoms with Crippen molar-refractivity contribution < 1.29 is 14.3 Å². The van der Waals surface area contributed by atoms with E-state index >= 15 is 0 Å². The van der Waals surface area contributed by atoms with Crippen molar-refractivity contribution in [1.82, 2.24) is 25.1 Å². The smallest absolute Gasteiger partial charge is 0.287 e. The first-order valence-electron chi connectivity index (χ1n) is 7.12. The highest BCUT2D eigenvalue weighted by Gasteiger charge is 2.10. The highest BCUT2D eigenvalue weighted by molar-refractivity contribution is 5.91. The van der Waals surface area contributed by atoms with E-state index in [1.54, 1.807) is 23.0 Å². The van der Waals surface area contributed by atoms with Crippen molar-refractivity contribution in [2.75, 3.05) is 25.0 Å². The fourth-order valence-electron chi connectivity index (χ4n) is 2.14. The Bertz CT molecular complexity index is 783. The molecule has 0 spiro atoms. The van der Waals surface area contributed by atoms with Crippen LogP contribution in [0.4, 0.5) is 5.82 Å². The average Bonchev–Trinajstić information content (AvgIpc) is 3.22. The molecule has 0 aliphatic rings. The Labute approximate surface area is 131 Å². The lowest BCUT2D eigenvalue weighted by molar-refractivity contribution is 0.0927. The Morgan fingerprint density at radius 2 is 2.26 bits per heavy atom. The fourth-order valence-corrected chi connectivity index (χ4v) is 2.14. The predicted octanol–water partition coefficient (Wildman–Crippen LogP) is 0.253. The van der Waals surface area contributed by atoms with Crippen molar-refractivity contribution in [1.29, 1.82) is 0 Å². The molecule has 0 atom stereocenters. The number of hydrogen-bond acceptors (Lipinski definition) is 7. The summed E-state index contributed by atoms with van der Waals surface area (Å²) in [5, 5.41) is 19.8. The number of rotatable bonds is 7. The van der Waals surface area contributed by atoms with Gasteiger partial charge < -0.3 is 20.2 Å². The molecule has 0 saturated carbocycles. The van der Waals surface area contributed by atoms with Crippen molar-refractivity contribution in [3.8, 4) is 0 Å².